The van der Waals surface area contributed by atoms with Crippen LogP contribution in [-0.4, -0.2) is 21.6 Å². The molecule has 0 aliphatic carbocycles. The molecule has 1 heterocycles. The molecule has 1 atom stereocenters. The summed E-state index contributed by atoms with van der Waals surface area (Å²) in [7, 11) is -3.96. The zero-order valence-electron chi connectivity index (χ0n) is 12.1. The Morgan fingerprint density at radius 1 is 1.22 bits per heavy atom. The minimum Gasteiger partial charge on any atom is -0.493 e. The Hall–Kier alpha value is -1.63. The molecule has 0 aromatic heterocycles. The Bertz CT molecular complexity index is 826. The second-order valence-electron chi connectivity index (χ2n) is 5.39. The Kier molecular flexibility index (Phi) is 4.57. The van der Waals surface area contributed by atoms with Gasteiger partial charge in [0.25, 0.3) is 0 Å². The summed E-state index contributed by atoms with van der Waals surface area (Å²) >= 11 is 5.64. The molecule has 0 amide bonds. The molecule has 2 aromatic rings. The Morgan fingerprint density at radius 3 is 2.83 bits per heavy atom. The number of ether oxygens (including phenoxy) is 1. The van der Waals surface area contributed by atoms with Crippen LogP contribution >= 0.6 is 11.6 Å². The normalized spacial score (nSPS) is 17.4. The topological polar surface area (TPSA) is 55.4 Å². The van der Waals surface area contributed by atoms with Crippen LogP contribution in [0, 0.1) is 11.7 Å². The van der Waals surface area contributed by atoms with Crippen molar-refractivity contribution in [1.29, 1.82) is 0 Å². The predicted molar refractivity (Wildman–Crippen MR) is 85.7 cm³/mol. The second kappa shape index (κ2) is 6.47. The minimum absolute atomic E-state index is 0.0121. The van der Waals surface area contributed by atoms with Crippen LogP contribution in [0.1, 0.15) is 5.56 Å². The van der Waals surface area contributed by atoms with Gasteiger partial charge in [0.15, 0.2) is 5.82 Å². The van der Waals surface area contributed by atoms with Gasteiger partial charge in [0, 0.05) is 12.5 Å². The lowest BCUT2D eigenvalue weighted by atomic mass is 9.97. The number of benzene rings is 2. The van der Waals surface area contributed by atoms with Crippen molar-refractivity contribution in [3.8, 4) is 5.75 Å². The van der Waals surface area contributed by atoms with Gasteiger partial charge in [-0.1, -0.05) is 35.9 Å². The van der Waals surface area contributed by atoms with E-state index in [1.165, 1.54) is 18.2 Å². The van der Waals surface area contributed by atoms with Crippen LogP contribution in [0.2, 0.25) is 5.02 Å². The number of nitrogens with one attached hydrogen (secondary N) is 1. The number of halogens is 2. The van der Waals surface area contributed by atoms with Gasteiger partial charge in [-0.25, -0.2) is 17.5 Å². The molecule has 1 N–H and O–H groups in total. The number of rotatable bonds is 4. The van der Waals surface area contributed by atoms with E-state index in [-0.39, 0.29) is 17.5 Å². The summed E-state index contributed by atoms with van der Waals surface area (Å²) in [6, 6.07) is 11.5. The van der Waals surface area contributed by atoms with Gasteiger partial charge >= 0.3 is 0 Å². The van der Waals surface area contributed by atoms with E-state index in [1.54, 1.807) is 0 Å². The highest BCUT2D eigenvalue weighted by molar-refractivity contribution is 7.89. The number of para-hydroxylation sites is 1. The molecule has 0 saturated heterocycles. The molecule has 0 saturated carbocycles. The van der Waals surface area contributed by atoms with E-state index in [0.29, 0.717) is 13.0 Å². The molecule has 1 aliphatic rings. The van der Waals surface area contributed by atoms with Gasteiger partial charge < -0.3 is 4.74 Å². The molecule has 4 nitrogen and oxygen atoms in total. The third-order valence-corrected chi connectivity index (χ3v) is 5.46. The van der Waals surface area contributed by atoms with Crippen molar-refractivity contribution in [3.05, 3.63) is 58.9 Å². The van der Waals surface area contributed by atoms with Crippen LogP contribution < -0.4 is 9.46 Å². The van der Waals surface area contributed by atoms with E-state index in [0.717, 1.165) is 11.3 Å². The summed E-state index contributed by atoms with van der Waals surface area (Å²) in [5, 5.41) is -0.220. The first-order chi connectivity index (χ1) is 11.0. The zero-order chi connectivity index (χ0) is 16.4. The molecule has 1 aliphatic heterocycles. The van der Waals surface area contributed by atoms with Crippen molar-refractivity contribution >= 4 is 21.6 Å². The summed E-state index contributed by atoms with van der Waals surface area (Å²) in [5.41, 5.74) is 1.04. The van der Waals surface area contributed by atoms with Gasteiger partial charge in [-0.3, -0.25) is 0 Å². The van der Waals surface area contributed by atoms with Gasteiger partial charge in [0.1, 0.15) is 10.6 Å². The Labute approximate surface area is 139 Å². The lowest BCUT2D eigenvalue weighted by Gasteiger charge is -2.25. The largest absolute Gasteiger partial charge is 0.493 e. The molecule has 0 fully saturated rings. The highest BCUT2D eigenvalue weighted by atomic mass is 35.5. The van der Waals surface area contributed by atoms with Gasteiger partial charge in [0.05, 0.1) is 11.6 Å². The van der Waals surface area contributed by atoms with Crippen molar-refractivity contribution in [2.24, 2.45) is 5.92 Å². The summed E-state index contributed by atoms with van der Waals surface area (Å²) in [6.45, 7) is 0.584. The number of sulfonamides is 1. The van der Waals surface area contributed by atoms with E-state index in [1.807, 2.05) is 24.3 Å². The lowest BCUT2D eigenvalue weighted by molar-refractivity contribution is 0.223. The van der Waals surface area contributed by atoms with E-state index >= 15 is 0 Å². The molecule has 0 bridgehead atoms. The third-order valence-electron chi connectivity index (χ3n) is 3.72. The molecule has 2 aromatic carbocycles. The van der Waals surface area contributed by atoms with Gasteiger partial charge in [0.2, 0.25) is 10.0 Å². The predicted octanol–water partition coefficient (Wildman–Crippen LogP) is 3.01. The van der Waals surface area contributed by atoms with E-state index in [4.69, 9.17) is 16.3 Å². The molecule has 0 radical (unpaired) electrons. The Morgan fingerprint density at radius 2 is 2.00 bits per heavy atom. The molecule has 0 spiro atoms. The molecule has 23 heavy (non-hydrogen) atoms. The van der Waals surface area contributed by atoms with Gasteiger partial charge in [-0.15, -0.1) is 0 Å². The van der Waals surface area contributed by atoms with Crippen molar-refractivity contribution in [2.45, 2.75) is 11.3 Å². The monoisotopic (exact) mass is 355 g/mol. The lowest BCUT2D eigenvalue weighted by Crippen LogP contribution is -2.35. The quantitative estimate of drug-likeness (QED) is 0.917. The summed E-state index contributed by atoms with van der Waals surface area (Å²) in [4.78, 5) is -0.442. The van der Waals surface area contributed by atoms with E-state index < -0.39 is 20.7 Å². The van der Waals surface area contributed by atoms with Crippen molar-refractivity contribution in [3.63, 3.8) is 0 Å². The SMILES string of the molecule is O=S(=O)(NC[C@H]1COc2ccccc2C1)c1cccc(Cl)c1F. The fraction of sp³-hybridized carbons (Fsp3) is 0.250. The molecule has 3 rings (SSSR count). The molecular weight excluding hydrogens is 341 g/mol. The van der Waals surface area contributed by atoms with Crippen molar-refractivity contribution < 1.29 is 17.5 Å². The summed E-state index contributed by atoms with van der Waals surface area (Å²) in [6.07, 6.45) is 0.705. The first kappa shape index (κ1) is 16.2. The first-order valence-electron chi connectivity index (χ1n) is 7.12. The molecule has 0 unspecified atom stereocenters. The Balaban J connectivity index is 1.70. The fourth-order valence-electron chi connectivity index (χ4n) is 2.52. The van der Waals surface area contributed by atoms with Crippen molar-refractivity contribution in [1.82, 2.24) is 4.72 Å². The van der Waals surface area contributed by atoms with Crippen molar-refractivity contribution in [2.75, 3.05) is 13.2 Å². The third kappa shape index (κ3) is 3.49. The first-order valence-corrected chi connectivity index (χ1v) is 8.98. The fourth-order valence-corrected chi connectivity index (χ4v) is 3.96. The van der Waals surface area contributed by atoms with Crippen LogP contribution in [-0.2, 0) is 16.4 Å². The second-order valence-corrected chi connectivity index (χ2v) is 7.54. The number of hydrogen-bond donors (Lipinski definition) is 1. The van der Waals surface area contributed by atoms with Crippen LogP contribution in [0.25, 0.3) is 0 Å². The highest BCUT2D eigenvalue weighted by Gasteiger charge is 2.24. The maximum Gasteiger partial charge on any atom is 0.243 e. The molecular formula is C16H15ClFNO3S. The van der Waals surface area contributed by atoms with Crippen LogP contribution in [0.15, 0.2) is 47.4 Å². The van der Waals surface area contributed by atoms with Crippen LogP contribution in [0.4, 0.5) is 4.39 Å². The molecule has 7 heteroatoms. The van der Waals surface area contributed by atoms with E-state index in [9.17, 15) is 12.8 Å². The zero-order valence-corrected chi connectivity index (χ0v) is 13.7. The maximum atomic E-state index is 13.9. The number of hydrogen-bond acceptors (Lipinski definition) is 3. The number of fused-ring (bicyclic) bond motifs is 1. The summed E-state index contributed by atoms with van der Waals surface area (Å²) in [5.74, 6) is -0.124. The maximum absolute atomic E-state index is 13.9. The van der Waals surface area contributed by atoms with Gasteiger partial charge in [-0.05, 0) is 30.2 Å². The smallest absolute Gasteiger partial charge is 0.243 e. The van der Waals surface area contributed by atoms with E-state index in [2.05, 4.69) is 4.72 Å². The highest BCUT2D eigenvalue weighted by Crippen LogP contribution is 2.27. The average Bonchev–Trinajstić information content (AvgIpc) is 2.55. The average molecular weight is 356 g/mol. The van der Waals surface area contributed by atoms with Gasteiger partial charge in [-0.2, -0.15) is 0 Å². The standard InChI is InChI=1S/C16H15ClFNO3S/c17-13-5-3-7-15(16(13)18)23(20,21)19-9-11-8-12-4-1-2-6-14(12)22-10-11/h1-7,11,19H,8-10H2/t11-/m0/s1. The van der Waals surface area contributed by atoms with Crippen LogP contribution in [0.5, 0.6) is 5.75 Å². The summed E-state index contributed by atoms with van der Waals surface area (Å²) < 4.78 is 46.4. The van der Waals surface area contributed by atoms with Crippen LogP contribution in [0.3, 0.4) is 0 Å². The molecule has 122 valence electrons. The minimum atomic E-state index is -3.96.